The molecule has 2 aromatic heterocycles. The molecule has 2 aromatic carbocycles. The largest absolute Gasteiger partial charge is 0.352 e. The lowest BCUT2D eigenvalue weighted by Crippen LogP contribution is -2.36. The summed E-state index contributed by atoms with van der Waals surface area (Å²) in [5.41, 5.74) is 2.94. The Hall–Kier alpha value is -3.74. The van der Waals surface area contributed by atoms with Crippen LogP contribution in [0, 0.1) is 6.92 Å². The zero-order chi connectivity index (χ0) is 22.7. The molecule has 0 radical (unpaired) electrons. The van der Waals surface area contributed by atoms with E-state index >= 15 is 0 Å². The van der Waals surface area contributed by atoms with Crippen LogP contribution in [0.15, 0.2) is 65.5 Å². The standard InChI is InChI=1S/C25H27N5O2/c1-4-17(2)26-22(31)16-29-18(3)21(15-19-11-7-5-8-12-19)24(32)30-25(29)27-23(28-30)20-13-9-6-10-14-20/h5-14,17H,4,15-16H2,1-3H3,(H,26,31). The molecule has 0 bridgehead atoms. The summed E-state index contributed by atoms with van der Waals surface area (Å²) in [6.45, 7) is 5.93. The van der Waals surface area contributed by atoms with Gasteiger partial charge in [0.1, 0.15) is 6.54 Å². The maximum atomic E-state index is 13.4. The Kier molecular flexibility index (Phi) is 6.16. The van der Waals surface area contributed by atoms with Crippen LogP contribution in [0.2, 0.25) is 0 Å². The van der Waals surface area contributed by atoms with Gasteiger partial charge in [0, 0.05) is 29.3 Å². The van der Waals surface area contributed by atoms with Gasteiger partial charge in [-0.25, -0.2) is 0 Å². The second-order valence-electron chi connectivity index (χ2n) is 8.01. The summed E-state index contributed by atoms with van der Waals surface area (Å²) < 4.78 is 3.11. The summed E-state index contributed by atoms with van der Waals surface area (Å²) in [7, 11) is 0. The highest BCUT2D eigenvalue weighted by Crippen LogP contribution is 2.18. The third-order valence-electron chi connectivity index (χ3n) is 5.70. The summed E-state index contributed by atoms with van der Waals surface area (Å²) >= 11 is 0. The molecule has 7 heteroatoms. The van der Waals surface area contributed by atoms with Crippen LogP contribution in [0.1, 0.15) is 37.1 Å². The van der Waals surface area contributed by atoms with E-state index in [1.165, 1.54) is 4.52 Å². The third-order valence-corrected chi connectivity index (χ3v) is 5.70. The number of fused-ring (bicyclic) bond motifs is 1. The van der Waals surface area contributed by atoms with Crippen molar-refractivity contribution in [1.82, 2.24) is 24.5 Å². The van der Waals surface area contributed by atoms with Crippen molar-refractivity contribution in [3.63, 3.8) is 0 Å². The lowest BCUT2D eigenvalue weighted by atomic mass is 10.0. The van der Waals surface area contributed by atoms with Crippen molar-refractivity contribution in [2.45, 2.75) is 46.2 Å². The van der Waals surface area contributed by atoms with Gasteiger partial charge >= 0.3 is 0 Å². The normalized spacial score (nSPS) is 12.1. The summed E-state index contributed by atoms with van der Waals surface area (Å²) in [5, 5.41) is 7.51. The van der Waals surface area contributed by atoms with E-state index in [2.05, 4.69) is 15.4 Å². The molecule has 0 fully saturated rings. The van der Waals surface area contributed by atoms with Crippen LogP contribution in [0.25, 0.3) is 17.2 Å². The molecule has 0 aliphatic heterocycles. The topological polar surface area (TPSA) is 81.3 Å². The molecule has 1 unspecified atom stereocenters. The van der Waals surface area contributed by atoms with E-state index < -0.39 is 0 Å². The zero-order valence-electron chi connectivity index (χ0n) is 18.6. The molecule has 2 heterocycles. The molecule has 0 saturated carbocycles. The first-order valence-electron chi connectivity index (χ1n) is 10.9. The average Bonchev–Trinajstić information content (AvgIpc) is 3.26. The number of nitrogens with zero attached hydrogens (tertiary/aromatic N) is 4. The minimum absolute atomic E-state index is 0.0642. The fourth-order valence-electron chi connectivity index (χ4n) is 3.68. The SMILES string of the molecule is CCC(C)NC(=O)Cn1c(C)c(Cc2ccccc2)c(=O)n2nc(-c3ccccc3)nc12. The van der Waals surface area contributed by atoms with E-state index in [0.29, 0.717) is 23.6 Å². The Bertz CT molecular complexity index is 1290. The highest BCUT2D eigenvalue weighted by Gasteiger charge is 2.20. The highest BCUT2D eigenvalue weighted by atomic mass is 16.2. The first-order valence-corrected chi connectivity index (χ1v) is 10.9. The van der Waals surface area contributed by atoms with E-state index in [1.807, 2.05) is 81.4 Å². The number of aromatic nitrogens is 4. The number of hydrogen-bond donors (Lipinski definition) is 1. The second-order valence-corrected chi connectivity index (χ2v) is 8.01. The van der Waals surface area contributed by atoms with E-state index in [4.69, 9.17) is 0 Å². The van der Waals surface area contributed by atoms with Crippen molar-refractivity contribution < 1.29 is 4.79 Å². The molecule has 7 nitrogen and oxygen atoms in total. The maximum Gasteiger partial charge on any atom is 0.279 e. The quantitative estimate of drug-likeness (QED) is 0.488. The van der Waals surface area contributed by atoms with E-state index in [0.717, 1.165) is 23.2 Å². The van der Waals surface area contributed by atoms with Crippen molar-refractivity contribution in [3.8, 4) is 11.4 Å². The molecule has 0 saturated heterocycles. The number of amides is 1. The van der Waals surface area contributed by atoms with Gasteiger partial charge in [-0.05, 0) is 25.8 Å². The Labute approximate surface area is 186 Å². The van der Waals surface area contributed by atoms with Crippen LogP contribution < -0.4 is 10.9 Å². The fourth-order valence-corrected chi connectivity index (χ4v) is 3.68. The first kappa shape index (κ1) is 21.5. The van der Waals surface area contributed by atoms with Crippen LogP contribution in [0.4, 0.5) is 0 Å². The molecule has 0 aliphatic carbocycles. The lowest BCUT2D eigenvalue weighted by molar-refractivity contribution is -0.122. The molecular formula is C25H27N5O2. The molecule has 4 rings (SSSR count). The predicted molar refractivity (Wildman–Crippen MR) is 125 cm³/mol. The molecule has 1 amide bonds. The minimum Gasteiger partial charge on any atom is -0.352 e. The molecule has 164 valence electrons. The smallest absolute Gasteiger partial charge is 0.279 e. The Balaban J connectivity index is 1.86. The van der Waals surface area contributed by atoms with E-state index in [1.54, 1.807) is 4.57 Å². The number of carbonyl (C=O) groups is 1. The summed E-state index contributed by atoms with van der Waals surface area (Å²) in [5.74, 6) is 0.695. The minimum atomic E-state index is -0.213. The molecule has 4 aromatic rings. The van der Waals surface area contributed by atoms with Gasteiger partial charge in [-0.2, -0.15) is 9.50 Å². The number of rotatable bonds is 7. The summed E-state index contributed by atoms with van der Waals surface area (Å²) in [6.07, 6.45) is 1.29. The van der Waals surface area contributed by atoms with Crippen LogP contribution in [-0.4, -0.2) is 31.1 Å². The molecular weight excluding hydrogens is 402 g/mol. The van der Waals surface area contributed by atoms with Crippen LogP contribution in [0.5, 0.6) is 0 Å². The number of nitrogens with one attached hydrogen (secondary N) is 1. The van der Waals surface area contributed by atoms with E-state index in [-0.39, 0.29) is 24.1 Å². The van der Waals surface area contributed by atoms with Crippen LogP contribution in [-0.2, 0) is 17.8 Å². The van der Waals surface area contributed by atoms with Gasteiger partial charge in [-0.3, -0.25) is 9.59 Å². The number of carbonyl (C=O) groups excluding carboxylic acids is 1. The van der Waals surface area contributed by atoms with Crippen molar-refractivity contribution in [1.29, 1.82) is 0 Å². The first-order chi connectivity index (χ1) is 15.5. The second kappa shape index (κ2) is 9.18. The Morgan fingerprint density at radius 3 is 2.38 bits per heavy atom. The van der Waals surface area contributed by atoms with Crippen molar-refractivity contribution in [2.75, 3.05) is 0 Å². The zero-order valence-corrected chi connectivity index (χ0v) is 18.6. The number of benzene rings is 2. The molecule has 1 atom stereocenters. The monoisotopic (exact) mass is 429 g/mol. The highest BCUT2D eigenvalue weighted by molar-refractivity contribution is 5.76. The van der Waals surface area contributed by atoms with Crippen molar-refractivity contribution >= 4 is 11.7 Å². The number of hydrogen-bond acceptors (Lipinski definition) is 4. The van der Waals surface area contributed by atoms with Crippen molar-refractivity contribution in [3.05, 3.63) is 87.8 Å². The van der Waals surface area contributed by atoms with Gasteiger partial charge in [0.05, 0.1) is 0 Å². The summed E-state index contributed by atoms with van der Waals surface area (Å²) in [6, 6.07) is 19.4. The van der Waals surface area contributed by atoms with Crippen LogP contribution >= 0.6 is 0 Å². The van der Waals surface area contributed by atoms with Crippen molar-refractivity contribution in [2.24, 2.45) is 0 Å². The Morgan fingerprint density at radius 2 is 1.72 bits per heavy atom. The Morgan fingerprint density at radius 1 is 1.06 bits per heavy atom. The fraction of sp³-hybridized carbons (Fsp3) is 0.280. The van der Waals surface area contributed by atoms with Gasteiger partial charge in [0.15, 0.2) is 5.82 Å². The van der Waals surface area contributed by atoms with E-state index in [9.17, 15) is 9.59 Å². The van der Waals surface area contributed by atoms with Crippen LogP contribution in [0.3, 0.4) is 0 Å². The van der Waals surface area contributed by atoms with Gasteiger partial charge in [0.2, 0.25) is 11.7 Å². The van der Waals surface area contributed by atoms with Gasteiger partial charge < -0.3 is 9.88 Å². The third kappa shape index (κ3) is 4.32. The lowest BCUT2D eigenvalue weighted by Gasteiger charge is -2.17. The summed E-state index contributed by atoms with van der Waals surface area (Å²) in [4.78, 5) is 30.8. The molecule has 1 N–H and O–H groups in total. The average molecular weight is 430 g/mol. The maximum absolute atomic E-state index is 13.4. The predicted octanol–water partition coefficient (Wildman–Crippen LogP) is 3.37. The van der Waals surface area contributed by atoms with Gasteiger partial charge in [0.25, 0.3) is 5.56 Å². The van der Waals surface area contributed by atoms with Gasteiger partial charge in [-0.1, -0.05) is 67.6 Å². The molecule has 0 aliphatic rings. The molecule has 32 heavy (non-hydrogen) atoms. The van der Waals surface area contributed by atoms with Gasteiger partial charge in [-0.15, -0.1) is 5.10 Å². The molecule has 0 spiro atoms.